The van der Waals surface area contributed by atoms with E-state index < -0.39 is 11.5 Å². The number of piperidine rings is 1. The molecule has 1 aliphatic heterocycles. The fourth-order valence-electron chi connectivity index (χ4n) is 2.97. The predicted octanol–water partition coefficient (Wildman–Crippen LogP) is 2.51. The van der Waals surface area contributed by atoms with E-state index >= 15 is 0 Å². The van der Waals surface area contributed by atoms with Crippen molar-refractivity contribution in [2.24, 2.45) is 5.92 Å². The monoisotopic (exact) mass is 277 g/mol. The summed E-state index contributed by atoms with van der Waals surface area (Å²) in [7, 11) is 0. The lowest BCUT2D eigenvalue weighted by Gasteiger charge is -2.42. The Bertz CT molecular complexity index is 471. The maximum atomic E-state index is 11.8. The maximum Gasteiger partial charge on any atom is 0.324 e. The normalized spacial score (nSPS) is 23.2. The molecule has 1 fully saturated rings. The van der Waals surface area contributed by atoms with Gasteiger partial charge in [0.1, 0.15) is 11.3 Å². The molecule has 2 atom stereocenters. The van der Waals surface area contributed by atoms with Crippen molar-refractivity contribution in [1.29, 1.82) is 0 Å². The van der Waals surface area contributed by atoms with Crippen molar-refractivity contribution in [3.05, 3.63) is 29.8 Å². The average Bonchev–Trinajstić information content (AvgIpc) is 2.41. The van der Waals surface area contributed by atoms with Gasteiger partial charge in [-0.3, -0.25) is 9.69 Å². The van der Waals surface area contributed by atoms with Crippen molar-refractivity contribution in [2.45, 2.75) is 38.6 Å². The summed E-state index contributed by atoms with van der Waals surface area (Å²) in [6, 6.07) is 6.81. The standard InChI is InChI=1S/C16H23NO3/c1-12-4-3-9-17(11-12)16(2,15(19)20)10-13-5-7-14(18)8-6-13/h5-8,12,18H,3-4,9-11H2,1-2H3,(H,19,20). The first-order valence-corrected chi connectivity index (χ1v) is 7.18. The third-order valence-corrected chi connectivity index (χ3v) is 4.30. The highest BCUT2D eigenvalue weighted by Crippen LogP contribution is 2.28. The lowest BCUT2D eigenvalue weighted by atomic mass is 9.87. The minimum absolute atomic E-state index is 0.206. The molecule has 0 aliphatic carbocycles. The van der Waals surface area contributed by atoms with Crippen molar-refractivity contribution in [3.8, 4) is 5.75 Å². The summed E-state index contributed by atoms with van der Waals surface area (Å²) in [5.74, 6) is -0.0284. The number of benzene rings is 1. The maximum absolute atomic E-state index is 11.8. The molecule has 1 aromatic carbocycles. The summed E-state index contributed by atoms with van der Waals surface area (Å²) < 4.78 is 0. The molecule has 4 nitrogen and oxygen atoms in total. The highest BCUT2D eigenvalue weighted by atomic mass is 16.4. The molecule has 0 aromatic heterocycles. The summed E-state index contributed by atoms with van der Waals surface area (Å²) in [5, 5.41) is 19.0. The summed E-state index contributed by atoms with van der Waals surface area (Å²) in [6.45, 7) is 5.65. The van der Waals surface area contributed by atoms with Gasteiger partial charge in [-0.25, -0.2) is 0 Å². The molecule has 1 aromatic rings. The SMILES string of the molecule is CC1CCCN(C(C)(Cc2ccc(O)cc2)C(=O)O)C1. The molecule has 0 radical (unpaired) electrons. The van der Waals surface area contributed by atoms with Crippen LogP contribution in [0.1, 0.15) is 32.3 Å². The van der Waals surface area contributed by atoms with Crippen LogP contribution in [-0.2, 0) is 11.2 Å². The number of carbonyl (C=O) groups is 1. The first-order chi connectivity index (χ1) is 9.41. The molecule has 1 aliphatic rings. The van der Waals surface area contributed by atoms with Crippen LogP contribution in [0, 0.1) is 5.92 Å². The molecular formula is C16H23NO3. The van der Waals surface area contributed by atoms with Gasteiger partial charge in [-0.2, -0.15) is 0 Å². The molecule has 2 N–H and O–H groups in total. The number of rotatable bonds is 4. The molecule has 0 bridgehead atoms. The Hall–Kier alpha value is -1.55. The van der Waals surface area contributed by atoms with Crippen molar-refractivity contribution in [3.63, 3.8) is 0 Å². The number of phenols is 1. The Morgan fingerprint density at radius 1 is 1.40 bits per heavy atom. The van der Waals surface area contributed by atoms with Crippen molar-refractivity contribution in [2.75, 3.05) is 13.1 Å². The summed E-state index contributed by atoms with van der Waals surface area (Å²) in [6.07, 6.45) is 2.68. The van der Waals surface area contributed by atoms with Crippen LogP contribution in [0.4, 0.5) is 0 Å². The number of aliphatic carboxylic acids is 1. The minimum Gasteiger partial charge on any atom is -0.508 e. The highest BCUT2D eigenvalue weighted by molar-refractivity contribution is 5.78. The number of hydrogen-bond acceptors (Lipinski definition) is 3. The topological polar surface area (TPSA) is 60.8 Å². The van der Waals surface area contributed by atoms with Crippen LogP contribution in [0.25, 0.3) is 0 Å². The smallest absolute Gasteiger partial charge is 0.324 e. The molecule has 2 rings (SSSR count). The fourth-order valence-corrected chi connectivity index (χ4v) is 2.97. The van der Waals surface area contributed by atoms with E-state index in [4.69, 9.17) is 0 Å². The quantitative estimate of drug-likeness (QED) is 0.887. The van der Waals surface area contributed by atoms with E-state index in [9.17, 15) is 15.0 Å². The molecule has 4 heteroatoms. The number of carboxylic acids is 1. The number of aromatic hydroxyl groups is 1. The molecule has 1 heterocycles. The van der Waals surface area contributed by atoms with E-state index in [1.165, 1.54) is 6.42 Å². The third-order valence-electron chi connectivity index (χ3n) is 4.30. The second-order valence-electron chi connectivity index (χ2n) is 6.12. The van der Waals surface area contributed by atoms with Crippen molar-refractivity contribution >= 4 is 5.97 Å². The Balaban J connectivity index is 2.20. The highest BCUT2D eigenvalue weighted by Gasteiger charge is 2.41. The molecule has 110 valence electrons. The average molecular weight is 277 g/mol. The van der Waals surface area contributed by atoms with Gasteiger partial charge in [-0.15, -0.1) is 0 Å². The van der Waals surface area contributed by atoms with Gasteiger partial charge in [0.15, 0.2) is 0 Å². The van der Waals surface area contributed by atoms with Crippen LogP contribution in [-0.4, -0.2) is 39.7 Å². The molecule has 1 saturated heterocycles. The van der Waals surface area contributed by atoms with Gasteiger partial charge in [0.25, 0.3) is 0 Å². The van der Waals surface area contributed by atoms with Crippen molar-refractivity contribution in [1.82, 2.24) is 4.90 Å². The van der Waals surface area contributed by atoms with Gasteiger partial charge < -0.3 is 10.2 Å². The van der Waals surface area contributed by atoms with Crippen LogP contribution in [0.5, 0.6) is 5.75 Å². The van der Waals surface area contributed by atoms with E-state index in [1.807, 2.05) is 0 Å². The number of likely N-dealkylation sites (tertiary alicyclic amines) is 1. The summed E-state index contributed by atoms with van der Waals surface area (Å²) >= 11 is 0. The van der Waals surface area contributed by atoms with Crippen LogP contribution in [0.2, 0.25) is 0 Å². The molecule has 2 unspecified atom stereocenters. The van der Waals surface area contributed by atoms with Gasteiger partial charge in [0, 0.05) is 13.0 Å². The van der Waals surface area contributed by atoms with E-state index in [1.54, 1.807) is 31.2 Å². The first kappa shape index (κ1) is 14.9. The Kier molecular flexibility index (Phi) is 4.33. The van der Waals surface area contributed by atoms with E-state index in [0.717, 1.165) is 25.1 Å². The Labute approximate surface area is 120 Å². The predicted molar refractivity (Wildman–Crippen MR) is 77.8 cm³/mol. The van der Waals surface area contributed by atoms with Crippen LogP contribution < -0.4 is 0 Å². The lowest BCUT2D eigenvalue weighted by Crippen LogP contribution is -2.56. The summed E-state index contributed by atoms with van der Waals surface area (Å²) in [4.78, 5) is 13.9. The summed E-state index contributed by atoms with van der Waals surface area (Å²) in [5.41, 5.74) is 0.0528. The minimum atomic E-state index is -0.883. The van der Waals surface area contributed by atoms with E-state index in [-0.39, 0.29) is 5.75 Å². The fraction of sp³-hybridized carbons (Fsp3) is 0.562. The van der Waals surface area contributed by atoms with Crippen molar-refractivity contribution < 1.29 is 15.0 Å². The Morgan fingerprint density at radius 2 is 2.05 bits per heavy atom. The third kappa shape index (κ3) is 3.12. The number of phenolic OH excluding ortho intramolecular Hbond substituents is 1. The van der Waals surface area contributed by atoms with Crippen LogP contribution in [0.3, 0.4) is 0 Å². The Morgan fingerprint density at radius 3 is 2.60 bits per heavy atom. The van der Waals surface area contributed by atoms with Gasteiger partial charge in [-0.1, -0.05) is 19.1 Å². The number of nitrogens with zero attached hydrogens (tertiary/aromatic N) is 1. The second-order valence-corrected chi connectivity index (χ2v) is 6.12. The van der Waals surface area contributed by atoms with E-state index in [2.05, 4.69) is 11.8 Å². The lowest BCUT2D eigenvalue weighted by molar-refractivity contribution is -0.151. The van der Waals surface area contributed by atoms with E-state index in [0.29, 0.717) is 12.3 Å². The van der Waals surface area contributed by atoms with Gasteiger partial charge in [-0.05, 0) is 49.9 Å². The molecule has 20 heavy (non-hydrogen) atoms. The number of carboxylic acid groups (broad SMARTS) is 1. The van der Waals surface area contributed by atoms with Crippen LogP contribution >= 0.6 is 0 Å². The number of hydrogen-bond donors (Lipinski definition) is 2. The first-order valence-electron chi connectivity index (χ1n) is 7.18. The van der Waals surface area contributed by atoms with Gasteiger partial charge >= 0.3 is 5.97 Å². The zero-order valence-electron chi connectivity index (χ0n) is 12.2. The zero-order valence-corrected chi connectivity index (χ0v) is 12.2. The molecule has 0 spiro atoms. The molecule has 0 amide bonds. The molecule has 0 saturated carbocycles. The van der Waals surface area contributed by atoms with Gasteiger partial charge in [0.2, 0.25) is 0 Å². The largest absolute Gasteiger partial charge is 0.508 e. The zero-order chi connectivity index (χ0) is 14.8. The van der Waals surface area contributed by atoms with Crippen LogP contribution in [0.15, 0.2) is 24.3 Å². The molecular weight excluding hydrogens is 254 g/mol. The second kappa shape index (κ2) is 5.83. The van der Waals surface area contributed by atoms with Gasteiger partial charge in [0.05, 0.1) is 0 Å².